The molecule has 0 saturated heterocycles. The SMILES string of the molecule is CNC1CCCCCCC1S(=O)(=O)c1ccc(OC)cc1. The monoisotopic (exact) mass is 311 g/mol. The molecule has 1 aliphatic carbocycles. The molecule has 0 heterocycles. The highest BCUT2D eigenvalue weighted by atomic mass is 32.2. The van der Waals surface area contributed by atoms with E-state index >= 15 is 0 Å². The molecule has 0 bridgehead atoms. The molecule has 1 aromatic carbocycles. The van der Waals surface area contributed by atoms with Gasteiger partial charge in [0.1, 0.15) is 5.75 Å². The molecule has 0 aromatic heterocycles. The van der Waals surface area contributed by atoms with Gasteiger partial charge in [0.2, 0.25) is 0 Å². The Hall–Kier alpha value is -1.07. The van der Waals surface area contributed by atoms with E-state index in [0.29, 0.717) is 10.6 Å². The van der Waals surface area contributed by atoms with Crippen LogP contribution in [0.2, 0.25) is 0 Å². The Morgan fingerprint density at radius 1 is 1.05 bits per heavy atom. The Kier molecular flexibility index (Phi) is 5.65. The molecule has 1 fully saturated rings. The van der Waals surface area contributed by atoms with E-state index in [1.807, 2.05) is 7.05 Å². The van der Waals surface area contributed by atoms with Gasteiger partial charge in [-0.2, -0.15) is 0 Å². The molecule has 0 radical (unpaired) electrons. The largest absolute Gasteiger partial charge is 0.497 e. The molecule has 21 heavy (non-hydrogen) atoms. The summed E-state index contributed by atoms with van der Waals surface area (Å²) in [6.45, 7) is 0. The maximum absolute atomic E-state index is 12.9. The maximum Gasteiger partial charge on any atom is 0.182 e. The van der Waals surface area contributed by atoms with Gasteiger partial charge in [0.05, 0.1) is 17.3 Å². The predicted molar refractivity (Wildman–Crippen MR) is 84.5 cm³/mol. The van der Waals surface area contributed by atoms with Crippen molar-refractivity contribution in [1.29, 1.82) is 0 Å². The lowest BCUT2D eigenvalue weighted by molar-refractivity contribution is 0.405. The number of hydrogen-bond donors (Lipinski definition) is 1. The average molecular weight is 311 g/mol. The van der Waals surface area contributed by atoms with E-state index in [-0.39, 0.29) is 11.3 Å². The van der Waals surface area contributed by atoms with Crippen molar-refractivity contribution < 1.29 is 13.2 Å². The fourth-order valence-electron chi connectivity index (χ4n) is 3.09. The van der Waals surface area contributed by atoms with Crippen molar-refractivity contribution in [2.45, 2.75) is 54.7 Å². The number of benzene rings is 1. The maximum atomic E-state index is 12.9. The molecular weight excluding hydrogens is 286 g/mol. The average Bonchev–Trinajstić information content (AvgIpc) is 2.47. The number of methoxy groups -OCH3 is 1. The molecule has 2 atom stereocenters. The van der Waals surface area contributed by atoms with Gasteiger partial charge in [-0.25, -0.2) is 8.42 Å². The second kappa shape index (κ2) is 7.27. The van der Waals surface area contributed by atoms with E-state index in [1.54, 1.807) is 31.4 Å². The van der Waals surface area contributed by atoms with E-state index in [0.717, 1.165) is 32.1 Å². The van der Waals surface area contributed by atoms with Crippen molar-refractivity contribution in [2.75, 3.05) is 14.2 Å². The van der Waals surface area contributed by atoms with Gasteiger partial charge in [0.25, 0.3) is 0 Å². The number of nitrogens with one attached hydrogen (secondary N) is 1. The van der Waals surface area contributed by atoms with Crippen molar-refractivity contribution in [3.8, 4) is 5.75 Å². The first-order valence-electron chi connectivity index (χ1n) is 7.65. The summed E-state index contributed by atoms with van der Waals surface area (Å²) >= 11 is 0. The highest BCUT2D eigenvalue weighted by Gasteiger charge is 2.34. The lowest BCUT2D eigenvalue weighted by Gasteiger charge is -2.29. The van der Waals surface area contributed by atoms with Crippen LogP contribution in [0.4, 0.5) is 0 Å². The third-order valence-electron chi connectivity index (χ3n) is 4.36. The third-order valence-corrected chi connectivity index (χ3v) is 6.65. The summed E-state index contributed by atoms with van der Waals surface area (Å²) in [6.07, 6.45) is 6.08. The number of ether oxygens (including phenoxy) is 1. The summed E-state index contributed by atoms with van der Waals surface area (Å²) in [5.74, 6) is 0.678. The molecule has 1 saturated carbocycles. The summed E-state index contributed by atoms with van der Waals surface area (Å²) in [7, 11) is 0.137. The zero-order chi connectivity index (χ0) is 15.3. The molecule has 1 N–H and O–H groups in total. The number of hydrogen-bond acceptors (Lipinski definition) is 4. The minimum Gasteiger partial charge on any atom is -0.497 e. The summed E-state index contributed by atoms with van der Waals surface area (Å²) < 4.78 is 31.0. The van der Waals surface area contributed by atoms with Gasteiger partial charge in [-0.1, -0.05) is 25.7 Å². The molecule has 1 aliphatic rings. The zero-order valence-electron chi connectivity index (χ0n) is 12.8. The Balaban J connectivity index is 2.29. The molecule has 2 rings (SSSR count). The Labute approximate surface area is 127 Å². The normalized spacial score (nSPS) is 24.1. The molecule has 1 aromatic rings. The molecule has 5 heteroatoms. The van der Waals surface area contributed by atoms with Crippen LogP contribution >= 0.6 is 0 Å². The van der Waals surface area contributed by atoms with E-state index in [9.17, 15) is 8.42 Å². The van der Waals surface area contributed by atoms with Gasteiger partial charge in [-0.3, -0.25) is 0 Å². The molecule has 118 valence electrons. The van der Waals surface area contributed by atoms with Crippen molar-refractivity contribution in [3.63, 3.8) is 0 Å². The van der Waals surface area contributed by atoms with Crippen LogP contribution in [0.25, 0.3) is 0 Å². The summed E-state index contributed by atoms with van der Waals surface area (Å²) in [5.41, 5.74) is 0. The fourth-order valence-corrected chi connectivity index (χ4v) is 5.14. The Morgan fingerprint density at radius 2 is 1.67 bits per heavy atom. The second-order valence-corrected chi connectivity index (χ2v) is 7.81. The predicted octanol–water partition coefficient (Wildman–Crippen LogP) is 2.78. The van der Waals surface area contributed by atoms with Gasteiger partial charge < -0.3 is 10.1 Å². The molecular formula is C16H25NO3S. The van der Waals surface area contributed by atoms with Crippen LogP contribution in [-0.2, 0) is 9.84 Å². The Bertz CT molecular complexity index is 539. The van der Waals surface area contributed by atoms with Crippen molar-refractivity contribution in [3.05, 3.63) is 24.3 Å². The first-order valence-corrected chi connectivity index (χ1v) is 9.19. The van der Waals surface area contributed by atoms with Gasteiger partial charge in [0, 0.05) is 6.04 Å². The topological polar surface area (TPSA) is 55.4 Å². The highest BCUT2D eigenvalue weighted by Crippen LogP contribution is 2.28. The number of sulfone groups is 1. The van der Waals surface area contributed by atoms with Crippen molar-refractivity contribution >= 4 is 9.84 Å². The van der Waals surface area contributed by atoms with Crippen molar-refractivity contribution in [1.82, 2.24) is 5.32 Å². The fraction of sp³-hybridized carbons (Fsp3) is 0.625. The van der Waals surface area contributed by atoms with E-state index in [2.05, 4.69) is 5.32 Å². The molecule has 0 aliphatic heterocycles. The lowest BCUT2D eigenvalue weighted by atomic mass is 9.96. The zero-order valence-corrected chi connectivity index (χ0v) is 13.7. The molecule has 0 spiro atoms. The van der Waals surface area contributed by atoms with E-state index in [1.165, 1.54) is 6.42 Å². The standard InChI is InChI=1S/C16H25NO3S/c1-17-15-7-5-3-4-6-8-16(15)21(18,19)14-11-9-13(20-2)10-12-14/h9-12,15-17H,3-8H2,1-2H3. The van der Waals surface area contributed by atoms with Crippen LogP contribution in [0.15, 0.2) is 29.2 Å². The molecule has 0 amide bonds. The lowest BCUT2D eigenvalue weighted by Crippen LogP contribution is -2.43. The van der Waals surface area contributed by atoms with Crippen LogP contribution in [0.1, 0.15) is 38.5 Å². The summed E-state index contributed by atoms with van der Waals surface area (Å²) in [6, 6.07) is 6.77. The number of rotatable bonds is 4. The van der Waals surface area contributed by atoms with Crippen LogP contribution in [0, 0.1) is 0 Å². The highest BCUT2D eigenvalue weighted by molar-refractivity contribution is 7.92. The van der Waals surface area contributed by atoms with Crippen molar-refractivity contribution in [2.24, 2.45) is 0 Å². The van der Waals surface area contributed by atoms with E-state index in [4.69, 9.17) is 4.74 Å². The summed E-state index contributed by atoms with van der Waals surface area (Å²) in [4.78, 5) is 0.397. The quantitative estimate of drug-likeness (QED) is 0.929. The van der Waals surface area contributed by atoms with Crippen LogP contribution in [0.5, 0.6) is 5.75 Å². The Morgan fingerprint density at radius 3 is 2.24 bits per heavy atom. The first-order chi connectivity index (χ1) is 10.1. The van der Waals surface area contributed by atoms with Gasteiger partial charge >= 0.3 is 0 Å². The van der Waals surface area contributed by atoms with Gasteiger partial charge in [0.15, 0.2) is 9.84 Å². The second-order valence-electron chi connectivity index (χ2n) is 5.65. The van der Waals surface area contributed by atoms with Crippen LogP contribution in [-0.4, -0.2) is 33.9 Å². The molecule has 2 unspecified atom stereocenters. The van der Waals surface area contributed by atoms with Gasteiger partial charge in [-0.15, -0.1) is 0 Å². The third kappa shape index (κ3) is 3.77. The van der Waals surface area contributed by atoms with Crippen LogP contribution < -0.4 is 10.1 Å². The summed E-state index contributed by atoms with van der Waals surface area (Å²) in [5, 5.41) is 2.88. The first kappa shape index (κ1) is 16.3. The molecule has 4 nitrogen and oxygen atoms in total. The van der Waals surface area contributed by atoms with Gasteiger partial charge in [-0.05, 0) is 44.2 Å². The minimum absolute atomic E-state index is 0.0393. The van der Waals surface area contributed by atoms with Crippen LogP contribution in [0.3, 0.4) is 0 Å². The van der Waals surface area contributed by atoms with E-state index < -0.39 is 9.84 Å². The minimum atomic E-state index is -3.31. The smallest absolute Gasteiger partial charge is 0.182 e.